The number of carbonyl (C=O) groups excluding carboxylic acids is 1. The van der Waals surface area contributed by atoms with Crippen molar-refractivity contribution in [3.05, 3.63) is 70.8 Å². The monoisotopic (exact) mass is 390 g/mol. The van der Waals surface area contributed by atoms with Crippen LogP contribution in [0.15, 0.2) is 54.6 Å². The highest BCUT2D eigenvalue weighted by Crippen LogP contribution is 2.29. The molecule has 0 aromatic heterocycles. The molecular formula is C19H19ClN2O3S. The molecule has 0 aliphatic carbocycles. The average Bonchev–Trinajstić information content (AvgIpc) is 3.06. The third-order valence-corrected chi connectivity index (χ3v) is 6.27. The molecule has 5 nitrogen and oxygen atoms in total. The largest absolute Gasteiger partial charge is 0.351 e. The number of hydrogen-bond acceptors (Lipinski definition) is 3. The van der Waals surface area contributed by atoms with E-state index in [4.69, 9.17) is 11.6 Å². The number of amides is 1. The lowest BCUT2D eigenvalue weighted by Crippen LogP contribution is -2.36. The van der Waals surface area contributed by atoms with Crippen LogP contribution in [0.3, 0.4) is 0 Å². The topological polar surface area (TPSA) is 66.5 Å². The molecule has 0 atom stereocenters. The molecule has 0 unspecified atom stereocenters. The van der Waals surface area contributed by atoms with Crippen LogP contribution in [0.2, 0.25) is 5.02 Å². The van der Waals surface area contributed by atoms with Crippen molar-refractivity contribution in [2.75, 3.05) is 23.1 Å². The number of sulfonamides is 1. The number of nitrogens with zero attached hydrogens (tertiary/aromatic N) is 1. The van der Waals surface area contributed by atoms with Gasteiger partial charge in [0.25, 0.3) is 0 Å². The molecule has 0 radical (unpaired) electrons. The first kappa shape index (κ1) is 18.5. The second-order valence-electron chi connectivity index (χ2n) is 5.91. The zero-order valence-corrected chi connectivity index (χ0v) is 15.6. The molecule has 3 rings (SSSR count). The van der Waals surface area contributed by atoms with Crippen LogP contribution in [-0.2, 0) is 21.2 Å². The van der Waals surface area contributed by atoms with Crippen molar-refractivity contribution in [3.8, 4) is 0 Å². The molecule has 1 amide bonds. The Bertz CT molecular complexity index is 941. The summed E-state index contributed by atoms with van der Waals surface area (Å²) in [5, 5.41) is 3.15. The summed E-state index contributed by atoms with van der Waals surface area (Å²) in [5.74, 6) is -0.505. The van der Waals surface area contributed by atoms with Crippen molar-refractivity contribution in [3.63, 3.8) is 0 Å². The highest BCUT2D eigenvalue weighted by Gasteiger charge is 2.28. The normalized spacial score (nSPS) is 13.8. The van der Waals surface area contributed by atoms with Gasteiger partial charge in [-0.15, -0.1) is 0 Å². The fraction of sp³-hybridized carbons (Fsp3) is 0.211. The minimum absolute atomic E-state index is 0.0483. The fourth-order valence-electron chi connectivity index (χ4n) is 2.84. The Kier molecular flexibility index (Phi) is 5.64. The minimum atomic E-state index is -3.47. The summed E-state index contributed by atoms with van der Waals surface area (Å²) in [7, 11) is -3.47. The van der Waals surface area contributed by atoms with Gasteiger partial charge in [-0.3, -0.25) is 9.10 Å². The Morgan fingerprint density at radius 1 is 1.15 bits per heavy atom. The van der Waals surface area contributed by atoms with Crippen LogP contribution in [0.25, 0.3) is 6.08 Å². The zero-order chi connectivity index (χ0) is 18.6. The number of nitrogens with one attached hydrogen (secondary N) is 1. The summed E-state index contributed by atoms with van der Waals surface area (Å²) in [5.41, 5.74) is 2.49. The molecule has 1 aliphatic rings. The summed E-state index contributed by atoms with van der Waals surface area (Å²) in [4.78, 5) is 11.9. The molecular weight excluding hydrogens is 372 g/mol. The van der Waals surface area contributed by atoms with Gasteiger partial charge in [0, 0.05) is 24.2 Å². The lowest BCUT2D eigenvalue weighted by atomic mass is 10.2. The second-order valence-corrected chi connectivity index (χ2v) is 8.33. The fourth-order valence-corrected chi connectivity index (χ4v) is 4.47. The maximum atomic E-state index is 12.5. The van der Waals surface area contributed by atoms with E-state index in [-0.39, 0.29) is 18.2 Å². The average molecular weight is 391 g/mol. The number of halogens is 1. The van der Waals surface area contributed by atoms with Crippen molar-refractivity contribution in [1.29, 1.82) is 0 Å². The highest BCUT2D eigenvalue weighted by atomic mass is 35.5. The van der Waals surface area contributed by atoms with Crippen LogP contribution in [-0.4, -0.2) is 33.2 Å². The van der Waals surface area contributed by atoms with E-state index >= 15 is 0 Å². The number of fused-ring (bicyclic) bond motifs is 1. The van der Waals surface area contributed by atoms with Crippen LogP contribution in [0.4, 0.5) is 5.69 Å². The van der Waals surface area contributed by atoms with Gasteiger partial charge in [-0.2, -0.15) is 0 Å². The van der Waals surface area contributed by atoms with Gasteiger partial charge >= 0.3 is 0 Å². The lowest BCUT2D eigenvalue weighted by Gasteiger charge is -2.19. The summed E-state index contributed by atoms with van der Waals surface area (Å²) < 4.78 is 26.5. The first-order chi connectivity index (χ1) is 12.5. The van der Waals surface area contributed by atoms with Gasteiger partial charge in [-0.1, -0.05) is 48.0 Å². The van der Waals surface area contributed by atoms with Crippen LogP contribution in [0.1, 0.15) is 11.1 Å². The SMILES string of the molecule is O=C(C=Cc1ccccc1Cl)NCCS(=O)(=O)N1CCc2ccccc21. The number of hydrogen-bond donors (Lipinski definition) is 1. The third-order valence-electron chi connectivity index (χ3n) is 4.16. The van der Waals surface area contributed by atoms with Crippen molar-refractivity contribution in [2.45, 2.75) is 6.42 Å². The Morgan fingerprint density at radius 2 is 1.88 bits per heavy atom. The first-order valence-electron chi connectivity index (χ1n) is 8.26. The van der Waals surface area contributed by atoms with Gasteiger partial charge in [0.15, 0.2) is 0 Å². The van der Waals surface area contributed by atoms with Gasteiger partial charge in [-0.05, 0) is 35.8 Å². The molecule has 0 spiro atoms. The predicted octanol–water partition coefficient (Wildman–Crippen LogP) is 2.86. The summed E-state index contributed by atoms with van der Waals surface area (Å²) in [6.45, 7) is 0.495. The molecule has 2 aromatic rings. The molecule has 1 heterocycles. The Hall–Kier alpha value is -2.31. The third kappa shape index (κ3) is 4.26. The van der Waals surface area contributed by atoms with Crippen LogP contribution in [0, 0.1) is 0 Å². The van der Waals surface area contributed by atoms with Gasteiger partial charge < -0.3 is 5.32 Å². The van der Waals surface area contributed by atoms with Crippen molar-refractivity contribution < 1.29 is 13.2 Å². The molecule has 136 valence electrons. The maximum absolute atomic E-state index is 12.5. The van der Waals surface area contributed by atoms with E-state index in [2.05, 4.69) is 5.32 Å². The molecule has 0 fully saturated rings. The second kappa shape index (κ2) is 7.93. The zero-order valence-electron chi connectivity index (χ0n) is 14.1. The Labute approximate surface area is 158 Å². The van der Waals surface area contributed by atoms with Crippen molar-refractivity contribution in [2.24, 2.45) is 0 Å². The van der Waals surface area contributed by atoms with E-state index in [1.807, 2.05) is 30.3 Å². The summed E-state index contributed by atoms with van der Waals surface area (Å²) in [6, 6.07) is 14.6. The number of anilines is 1. The van der Waals surface area contributed by atoms with Gasteiger partial charge in [0.05, 0.1) is 11.4 Å². The first-order valence-corrected chi connectivity index (χ1v) is 10.2. The number of para-hydroxylation sites is 1. The maximum Gasteiger partial charge on any atom is 0.244 e. The summed E-state index contributed by atoms with van der Waals surface area (Å²) in [6.07, 6.45) is 3.66. The summed E-state index contributed by atoms with van der Waals surface area (Å²) >= 11 is 6.02. The van der Waals surface area contributed by atoms with E-state index in [0.717, 1.165) is 16.8 Å². The standard InChI is InChI=1S/C19H19ClN2O3S/c20-17-7-3-1-5-15(17)9-10-19(23)21-12-14-26(24,25)22-13-11-16-6-2-4-8-18(16)22/h1-10H,11-14H2,(H,21,23). The Balaban J connectivity index is 1.54. The van der Waals surface area contributed by atoms with Gasteiger partial charge in [0.1, 0.15) is 0 Å². The van der Waals surface area contributed by atoms with Gasteiger partial charge in [0.2, 0.25) is 15.9 Å². The predicted molar refractivity (Wildman–Crippen MR) is 105 cm³/mol. The van der Waals surface area contributed by atoms with E-state index in [0.29, 0.717) is 18.0 Å². The Morgan fingerprint density at radius 3 is 2.69 bits per heavy atom. The lowest BCUT2D eigenvalue weighted by molar-refractivity contribution is -0.116. The van der Waals surface area contributed by atoms with Crippen LogP contribution in [0.5, 0.6) is 0 Å². The molecule has 26 heavy (non-hydrogen) atoms. The molecule has 0 saturated carbocycles. The molecule has 1 N–H and O–H groups in total. The highest BCUT2D eigenvalue weighted by molar-refractivity contribution is 7.92. The van der Waals surface area contributed by atoms with E-state index in [1.54, 1.807) is 24.3 Å². The molecule has 2 aromatic carbocycles. The van der Waals surface area contributed by atoms with E-state index < -0.39 is 10.0 Å². The number of rotatable bonds is 6. The molecule has 0 bridgehead atoms. The van der Waals surface area contributed by atoms with Crippen molar-refractivity contribution >= 4 is 39.3 Å². The molecule has 7 heteroatoms. The molecule has 1 aliphatic heterocycles. The minimum Gasteiger partial charge on any atom is -0.351 e. The quantitative estimate of drug-likeness (QED) is 0.771. The van der Waals surface area contributed by atoms with Crippen LogP contribution < -0.4 is 9.62 Å². The smallest absolute Gasteiger partial charge is 0.244 e. The van der Waals surface area contributed by atoms with E-state index in [9.17, 15) is 13.2 Å². The number of benzene rings is 2. The van der Waals surface area contributed by atoms with E-state index in [1.165, 1.54) is 10.4 Å². The van der Waals surface area contributed by atoms with Gasteiger partial charge in [-0.25, -0.2) is 8.42 Å². The number of carbonyl (C=O) groups is 1. The molecule has 0 saturated heterocycles. The van der Waals surface area contributed by atoms with Crippen LogP contribution >= 0.6 is 11.6 Å². The van der Waals surface area contributed by atoms with Crippen molar-refractivity contribution in [1.82, 2.24) is 5.32 Å².